The molecule has 1 unspecified atom stereocenters. The monoisotopic (exact) mass is 1110 g/mol. The molecule has 0 aromatic rings. The van der Waals surface area contributed by atoms with Crippen molar-refractivity contribution in [2.75, 3.05) is 13.2 Å². The summed E-state index contributed by atoms with van der Waals surface area (Å²) in [5.41, 5.74) is 0. The number of carbonyl (C=O) groups excluding carboxylic acids is 3. The lowest BCUT2D eigenvalue weighted by Gasteiger charge is -2.18. The van der Waals surface area contributed by atoms with E-state index in [1.54, 1.807) is 0 Å². The van der Waals surface area contributed by atoms with Gasteiger partial charge in [0.25, 0.3) is 0 Å². The van der Waals surface area contributed by atoms with Crippen LogP contribution < -0.4 is 0 Å². The van der Waals surface area contributed by atoms with Crippen LogP contribution in [0.2, 0.25) is 0 Å². The molecule has 6 nitrogen and oxygen atoms in total. The minimum absolute atomic E-state index is 0.0651. The van der Waals surface area contributed by atoms with Crippen LogP contribution in [0.4, 0.5) is 0 Å². The number of esters is 3. The third kappa shape index (κ3) is 66.8. The van der Waals surface area contributed by atoms with Crippen molar-refractivity contribution in [1.82, 2.24) is 0 Å². The highest BCUT2D eigenvalue weighted by Crippen LogP contribution is 2.19. The molecule has 468 valence electrons. The number of ether oxygens (including phenoxy) is 3. The van der Waals surface area contributed by atoms with E-state index in [4.69, 9.17) is 14.2 Å². The molecule has 0 bridgehead atoms. The molecule has 0 saturated carbocycles. The van der Waals surface area contributed by atoms with Crippen molar-refractivity contribution >= 4 is 17.9 Å². The van der Waals surface area contributed by atoms with Gasteiger partial charge in [0, 0.05) is 19.3 Å². The van der Waals surface area contributed by atoms with Gasteiger partial charge in [0.2, 0.25) is 0 Å². The standard InChI is InChI=1S/C73H140O6/c1-4-7-10-13-16-19-22-25-27-29-31-32-33-34-35-36-37-38-39-40-41-42-43-45-46-48-51-54-57-60-63-66-72(75)78-69-70(68-77-71(74)65-62-59-56-53-50-24-21-18-15-12-9-6-3)79-73(76)67-64-61-58-55-52-49-47-44-30-28-26-23-20-17-14-11-8-5-2/h28,30,70H,4-27,29,31-69H2,1-3H3/b30-28-. The highest BCUT2D eigenvalue weighted by molar-refractivity contribution is 5.71. The van der Waals surface area contributed by atoms with Gasteiger partial charge in [-0.3, -0.25) is 14.4 Å². The Hall–Kier alpha value is -1.85. The van der Waals surface area contributed by atoms with Crippen molar-refractivity contribution in [3.63, 3.8) is 0 Å². The SMILES string of the molecule is CCCCCCCCC/C=C\CCCCCCCCCC(=O)OC(COC(=O)CCCCCCCCCCCCCC)COC(=O)CCCCCCCCCCCCCCCCCCCCCCCCCCCCCCCCC. The quantitative estimate of drug-likeness (QED) is 0.0261. The first-order valence-corrected chi connectivity index (χ1v) is 36.2. The average Bonchev–Trinajstić information content (AvgIpc) is 3.45. The Morgan fingerprint density at radius 3 is 0.633 bits per heavy atom. The van der Waals surface area contributed by atoms with Gasteiger partial charge in [-0.1, -0.05) is 367 Å². The zero-order chi connectivity index (χ0) is 57.1. The van der Waals surface area contributed by atoms with Crippen LogP contribution in [-0.4, -0.2) is 37.2 Å². The molecule has 0 aliphatic rings. The summed E-state index contributed by atoms with van der Waals surface area (Å²) in [5.74, 6) is -0.836. The first-order chi connectivity index (χ1) is 39.0. The molecule has 0 aliphatic carbocycles. The van der Waals surface area contributed by atoms with Crippen LogP contribution >= 0.6 is 0 Å². The maximum absolute atomic E-state index is 12.9. The van der Waals surface area contributed by atoms with Crippen LogP contribution in [0.15, 0.2) is 12.2 Å². The third-order valence-electron chi connectivity index (χ3n) is 16.8. The van der Waals surface area contributed by atoms with E-state index in [0.717, 1.165) is 57.8 Å². The number of carbonyl (C=O) groups is 3. The van der Waals surface area contributed by atoms with Crippen molar-refractivity contribution < 1.29 is 28.6 Å². The number of rotatable bonds is 68. The summed E-state index contributed by atoms with van der Waals surface area (Å²) in [6, 6.07) is 0. The summed E-state index contributed by atoms with van der Waals surface area (Å²) >= 11 is 0. The van der Waals surface area contributed by atoms with Crippen molar-refractivity contribution in [1.29, 1.82) is 0 Å². The summed E-state index contributed by atoms with van der Waals surface area (Å²) in [4.78, 5) is 38.4. The van der Waals surface area contributed by atoms with E-state index in [9.17, 15) is 14.4 Å². The maximum atomic E-state index is 12.9. The Balaban J connectivity index is 4.09. The second-order valence-corrected chi connectivity index (χ2v) is 24.9. The van der Waals surface area contributed by atoms with Gasteiger partial charge in [-0.2, -0.15) is 0 Å². The molecule has 0 N–H and O–H groups in total. The van der Waals surface area contributed by atoms with Crippen LogP contribution in [-0.2, 0) is 28.6 Å². The van der Waals surface area contributed by atoms with Crippen molar-refractivity contribution in [2.45, 2.75) is 425 Å². The topological polar surface area (TPSA) is 78.9 Å². The van der Waals surface area contributed by atoms with Gasteiger partial charge >= 0.3 is 17.9 Å². The molecule has 0 rings (SSSR count). The summed E-state index contributed by atoms with van der Waals surface area (Å²) < 4.78 is 17.0. The fraction of sp³-hybridized carbons (Fsp3) is 0.932. The number of hydrogen-bond acceptors (Lipinski definition) is 6. The second kappa shape index (κ2) is 68.6. The minimum atomic E-state index is -0.768. The highest BCUT2D eigenvalue weighted by Gasteiger charge is 2.19. The maximum Gasteiger partial charge on any atom is 0.306 e. The Morgan fingerprint density at radius 2 is 0.418 bits per heavy atom. The van der Waals surface area contributed by atoms with Gasteiger partial charge in [0.1, 0.15) is 13.2 Å². The first kappa shape index (κ1) is 77.2. The molecule has 6 heteroatoms. The Bertz CT molecular complexity index is 1230. The largest absolute Gasteiger partial charge is 0.462 e. The van der Waals surface area contributed by atoms with Crippen molar-refractivity contribution in [3.05, 3.63) is 12.2 Å². The van der Waals surface area contributed by atoms with Gasteiger partial charge in [-0.25, -0.2) is 0 Å². The predicted octanol–water partition coefficient (Wildman–Crippen LogP) is 24.8. The smallest absolute Gasteiger partial charge is 0.306 e. The van der Waals surface area contributed by atoms with Crippen LogP contribution in [0.3, 0.4) is 0 Å². The minimum Gasteiger partial charge on any atom is -0.462 e. The molecule has 0 spiro atoms. The van der Waals surface area contributed by atoms with E-state index in [1.165, 1.54) is 321 Å². The summed E-state index contributed by atoms with van der Waals surface area (Å²) in [6.45, 7) is 6.72. The van der Waals surface area contributed by atoms with Gasteiger partial charge in [-0.05, 0) is 44.9 Å². The zero-order valence-electron chi connectivity index (χ0n) is 53.9. The summed E-state index contributed by atoms with van der Waals surface area (Å²) in [6.07, 6.45) is 82.6. The normalized spacial score (nSPS) is 12.0. The first-order valence-electron chi connectivity index (χ1n) is 36.2. The molecule has 0 fully saturated rings. The van der Waals surface area contributed by atoms with E-state index < -0.39 is 6.10 Å². The molecule has 0 aliphatic heterocycles. The average molecular weight is 1110 g/mol. The number of hydrogen-bond donors (Lipinski definition) is 0. The number of unbranched alkanes of at least 4 members (excludes halogenated alkanes) is 55. The number of allylic oxidation sites excluding steroid dienone is 2. The van der Waals surface area contributed by atoms with E-state index in [1.807, 2.05) is 0 Å². The lowest BCUT2D eigenvalue weighted by molar-refractivity contribution is -0.167. The zero-order valence-corrected chi connectivity index (χ0v) is 53.9. The fourth-order valence-electron chi connectivity index (χ4n) is 11.3. The van der Waals surface area contributed by atoms with E-state index in [-0.39, 0.29) is 31.1 Å². The lowest BCUT2D eigenvalue weighted by atomic mass is 10.0. The Kier molecular flexibility index (Phi) is 67.0. The van der Waals surface area contributed by atoms with Gasteiger partial charge < -0.3 is 14.2 Å². The molecule has 0 aromatic carbocycles. The second-order valence-electron chi connectivity index (χ2n) is 24.9. The van der Waals surface area contributed by atoms with E-state index in [0.29, 0.717) is 19.3 Å². The molecule has 0 amide bonds. The summed E-state index contributed by atoms with van der Waals surface area (Å²) in [7, 11) is 0. The molecule has 0 aromatic heterocycles. The van der Waals surface area contributed by atoms with Gasteiger partial charge in [0.05, 0.1) is 0 Å². The predicted molar refractivity (Wildman–Crippen MR) is 344 cm³/mol. The highest BCUT2D eigenvalue weighted by atomic mass is 16.6. The molecular formula is C73H140O6. The lowest BCUT2D eigenvalue weighted by Crippen LogP contribution is -2.30. The van der Waals surface area contributed by atoms with Crippen LogP contribution in [0.5, 0.6) is 0 Å². The van der Waals surface area contributed by atoms with E-state index >= 15 is 0 Å². The van der Waals surface area contributed by atoms with Crippen LogP contribution in [0.25, 0.3) is 0 Å². The van der Waals surface area contributed by atoms with E-state index in [2.05, 4.69) is 32.9 Å². The van der Waals surface area contributed by atoms with Gasteiger partial charge in [-0.15, -0.1) is 0 Å². The van der Waals surface area contributed by atoms with Crippen LogP contribution in [0.1, 0.15) is 419 Å². The summed E-state index contributed by atoms with van der Waals surface area (Å²) in [5, 5.41) is 0. The van der Waals surface area contributed by atoms with Crippen molar-refractivity contribution in [3.8, 4) is 0 Å². The molecule has 79 heavy (non-hydrogen) atoms. The molecule has 1 atom stereocenters. The van der Waals surface area contributed by atoms with Crippen molar-refractivity contribution in [2.24, 2.45) is 0 Å². The fourth-order valence-corrected chi connectivity index (χ4v) is 11.3. The molecule has 0 saturated heterocycles. The Labute approximate surface area is 494 Å². The van der Waals surface area contributed by atoms with Crippen LogP contribution in [0, 0.1) is 0 Å². The molecular weight excluding hydrogens is 973 g/mol. The Morgan fingerprint density at radius 1 is 0.241 bits per heavy atom. The third-order valence-corrected chi connectivity index (χ3v) is 16.8. The van der Waals surface area contributed by atoms with Gasteiger partial charge in [0.15, 0.2) is 6.10 Å². The molecule has 0 heterocycles. The molecule has 0 radical (unpaired) electrons.